The Morgan fingerprint density at radius 1 is 0.455 bits per heavy atom. The summed E-state index contributed by atoms with van der Waals surface area (Å²) in [5.41, 5.74) is 16.1. The molecule has 0 heterocycles. The van der Waals surface area contributed by atoms with Gasteiger partial charge in [0.1, 0.15) is 0 Å². The van der Waals surface area contributed by atoms with Gasteiger partial charge in [-0.2, -0.15) is 0 Å². The van der Waals surface area contributed by atoms with E-state index in [9.17, 15) is 0 Å². The molecule has 0 aliphatic heterocycles. The lowest BCUT2D eigenvalue weighted by Gasteiger charge is -2.34. The highest BCUT2D eigenvalue weighted by Crippen LogP contribution is 2.55. The average molecular weight is 425 g/mol. The Bertz CT molecular complexity index is 1370. The zero-order valence-electron chi connectivity index (χ0n) is 18.2. The minimum Gasteiger partial charge on any atom is -0.399 e. The average Bonchev–Trinajstić information content (AvgIpc) is 3.18. The van der Waals surface area contributed by atoms with Crippen LogP contribution in [0.15, 0.2) is 127 Å². The van der Waals surface area contributed by atoms with E-state index in [2.05, 4.69) is 108 Å². The van der Waals surface area contributed by atoms with Gasteiger partial charge in [-0.15, -0.1) is 0 Å². The van der Waals surface area contributed by atoms with Crippen LogP contribution in [0.4, 0.5) is 17.1 Å². The Morgan fingerprint density at radius 2 is 0.909 bits per heavy atom. The van der Waals surface area contributed by atoms with Crippen LogP contribution in [-0.4, -0.2) is 0 Å². The quantitative estimate of drug-likeness (QED) is 0.290. The Morgan fingerprint density at radius 3 is 1.48 bits per heavy atom. The van der Waals surface area contributed by atoms with Crippen molar-refractivity contribution in [1.82, 2.24) is 0 Å². The maximum Gasteiger partial charge on any atom is 0.0713 e. The van der Waals surface area contributed by atoms with Crippen molar-refractivity contribution in [2.75, 3.05) is 11.1 Å². The lowest BCUT2D eigenvalue weighted by molar-refractivity contribution is 0.768. The van der Waals surface area contributed by atoms with Gasteiger partial charge in [-0.05, 0) is 69.8 Å². The molecule has 5 aromatic carbocycles. The van der Waals surface area contributed by atoms with E-state index in [0.717, 1.165) is 17.1 Å². The van der Waals surface area contributed by atoms with Gasteiger partial charge in [0, 0.05) is 17.1 Å². The highest BCUT2D eigenvalue weighted by atomic mass is 14.9. The first kappa shape index (κ1) is 19.4. The molecule has 0 spiro atoms. The predicted octanol–water partition coefficient (Wildman–Crippen LogP) is 7.38. The van der Waals surface area contributed by atoms with Gasteiger partial charge in [-0.3, -0.25) is 0 Å². The minimum atomic E-state index is -0.353. The first-order valence-corrected chi connectivity index (χ1v) is 11.2. The van der Waals surface area contributed by atoms with Crippen molar-refractivity contribution in [3.05, 3.63) is 150 Å². The van der Waals surface area contributed by atoms with E-state index in [1.54, 1.807) is 0 Å². The van der Waals surface area contributed by atoms with Gasteiger partial charge < -0.3 is 11.1 Å². The van der Waals surface area contributed by atoms with Crippen LogP contribution in [0.5, 0.6) is 0 Å². The Hall–Kier alpha value is -4.30. The van der Waals surface area contributed by atoms with Crippen LogP contribution in [0.25, 0.3) is 11.1 Å². The number of hydrogen-bond donors (Lipinski definition) is 2. The fourth-order valence-corrected chi connectivity index (χ4v) is 5.25. The fraction of sp³-hybridized carbons (Fsp3) is 0.0323. The van der Waals surface area contributed by atoms with Crippen molar-refractivity contribution in [2.45, 2.75) is 5.41 Å². The standard InChI is InChI=1S/C31H24N2/c32-24-16-20-26(21-17-24)33-25-18-14-23(15-19-25)31(22-8-2-1-3-9-22)29-12-6-4-10-27(29)28-11-5-7-13-30(28)31/h1-21,33H,32H2. The summed E-state index contributed by atoms with van der Waals surface area (Å²) < 4.78 is 0. The highest BCUT2D eigenvalue weighted by molar-refractivity contribution is 5.86. The largest absolute Gasteiger partial charge is 0.399 e. The molecule has 1 aliphatic rings. The number of fused-ring (bicyclic) bond motifs is 3. The normalized spacial score (nSPS) is 13.2. The van der Waals surface area contributed by atoms with Gasteiger partial charge in [0.05, 0.1) is 5.41 Å². The molecular weight excluding hydrogens is 400 g/mol. The molecule has 0 atom stereocenters. The number of nitrogen functional groups attached to an aromatic ring is 1. The molecule has 158 valence electrons. The van der Waals surface area contributed by atoms with Crippen molar-refractivity contribution in [3.63, 3.8) is 0 Å². The van der Waals surface area contributed by atoms with Crippen LogP contribution in [-0.2, 0) is 5.41 Å². The van der Waals surface area contributed by atoms with Crippen LogP contribution in [0.1, 0.15) is 22.3 Å². The van der Waals surface area contributed by atoms with Gasteiger partial charge in [0.2, 0.25) is 0 Å². The molecule has 1 aliphatic carbocycles. The number of rotatable bonds is 4. The molecule has 0 fully saturated rings. The number of anilines is 3. The van der Waals surface area contributed by atoms with Crippen molar-refractivity contribution < 1.29 is 0 Å². The second-order valence-corrected chi connectivity index (χ2v) is 8.53. The van der Waals surface area contributed by atoms with Gasteiger partial charge in [-0.1, -0.05) is 91.0 Å². The molecule has 33 heavy (non-hydrogen) atoms. The number of nitrogens with two attached hydrogens (primary N) is 1. The smallest absolute Gasteiger partial charge is 0.0713 e. The maximum absolute atomic E-state index is 5.83. The topological polar surface area (TPSA) is 38.0 Å². The van der Waals surface area contributed by atoms with E-state index in [0.29, 0.717) is 0 Å². The monoisotopic (exact) mass is 424 g/mol. The second-order valence-electron chi connectivity index (χ2n) is 8.53. The molecule has 0 saturated carbocycles. The molecule has 5 aromatic rings. The van der Waals surface area contributed by atoms with E-state index >= 15 is 0 Å². The Balaban J connectivity index is 1.53. The van der Waals surface area contributed by atoms with Crippen molar-refractivity contribution in [3.8, 4) is 11.1 Å². The number of benzene rings is 5. The summed E-state index contributed by atoms with van der Waals surface area (Å²) in [5.74, 6) is 0. The summed E-state index contributed by atoms with van der Waals surface area (Å²) in [7, 11) is 0. The SMILES string of the molecule is Nc1ccc(Nc2ccc(C3(c4ccccc4)c4ccccc4-c4ccccc43)cc2)cc1. The van der Waals surface area contributed by atoms with Gasteiger partial charge in [0.25, 0.3) is 0 Å². The molecule has 0 unspecified atom stereocenters. The molecule has 0 aromatic heterocycles. The predicted molar refractivity (Wildman–Crippen MR) is 138 cm³/mol. The molecule has 0 radical (unpaired) electrons. The summed E-state index contributed by atoms with van der Waals surface area (Å²) in [6.07, 6.45) is 0. The third-order valence-corrected chi connectivity index (χ3v) is 6.68. The number of hydrogen-bond acceptors (Lipinski definition) is 2. The van der Waals surface area contributed by atoms with Gasteiger partial charge >= 0.3 is 0 Å². The summed E-state index contributed by atoms with van der Waals surface area (Å²) in [5, 5.41) is 3.48. The summed E-state index contributed by atoms with van der Waals surface area (Å²) in [6, 6.07) is 45.1. The zero-order valence-corrected chi connectivity index (χ0v) is 18.2. The summed E-state index contributed by atoms with van der Waals surface area (Å²) in [4.78, 5) is 0. The molecule has 6 rings (SSSR count). The first-order valence-electron chi connectivity index (χ1n) is 11.2. The van der Waals surface area contributed by atoms with E-state index in [1.807, 2.05) is 24.3 Å². The Labute approximate surface area is 194 Å². The van der Waals surface area contributed by atoms with Gasteiger partial charge in [0.15, 0.2) is 0 Å². The zero-order chi connectivity index (χ0) is 22.3. The van der Waals surface area contributed by atoms with Crippen molar-refractivity contribution in [1.29, 1.82) is 0 Å². The number of nitrogens with one attached hydrogen (secondary N) is 1. The summed E-state index contributed by atoms with van der Waals surface area (Å²) >= 11 is 0. The maximum atomic E-state index is 5.83. The van der Waals surface area contributed by atoms with Gasteiger partial charge in [-0.25, -0.2) is 0 Å². The van der Waals surface area contributed by atoms with Crippen LogP contribution >= 0.6 is 0 Å². The van der Waals surface area contributed by atoms with E-state index in [1.165, 1.54) is 33.4 Å². The van der Waals surface area contributed by atoms with Crippen molar-refractivity contribution in [2.24, 2.45) is 0 Å². The van der Waals surface area contributed by atoms with E-state index in [-0.39, 0.29) is 5.41 Å². The van der Waals surface area contributed by atoms with Crippen LogP contribution in [0, 0.1) is 0 Å². The van der Waals surface area contributed by atoms with Crippen molar-refractivity contribution >= 4 is 17.1 Å². The molecule has 0 amide bonds. The third-order valence-electron chi connectivity index (χ3n) is 6.68. The Kier molecular flexibility index (Phi) is 4.51. The molecule has 2 nitrogen and oxygen atoms in total. The lowest BCUT2D eigenvalue weighted by Crippen LogP contribution is -2.28. The molecule has 0 saturated heterocycles. The molecule has 3 N–H and O–H groups in total. The summed E-state index contributed by atoms with van der Waals surface area (Å²) in [6.45, 7) is 0. The van der Waals surface area contributed by atoms with E-state index < -0.39 is 0 Å². The molecular formula is C31H24N2. The minimum absolute atomic E-state index is 0.353. The molecule has 0 bridgehead atoms. The second kappa shape index (κ2) is 7.68. The third kappa shape index (κ3) is 3.03. The van der Waals surface area contributed by atoms with Crippen LogP contribution < -0.4 is 11.1 Å². The highest BCUT2D eigenvalue weighted by Gasteiger charge is 2.45. The fourth-order valence-electron chi connectivity index (χ4n) is 5.25. The first-order chi connectivity index (χ1) is 16.3. The molecule has 2 heteroatoms. The van der Waals surface area contributed by atoms with Crippen LogP contribution in [0.3, 0.4) is 0 Å². The van der Waals surface area contributed by atoms with E-state index in [4.69, 9.17) is 5.73 Å². The lowest BCUT2D eigenvalue weighted by atomic mass is 9.68. The van der Waals surface area contributed by atoms with Crippen LogP contribution in [0.2, 0.25) is 0 Å².